The third kappa shape index (κ3) is 4.71. The molecule has 5 rings (SSSR count). The van der Waals surface area contributed by atoms with Crippen LogP contribution in [0.5, 0.6) is 5.75 Å². The Morgan fingerprint density at radius 2 is 1.83 bits per heavy atom. The molecule has 1 aliphatic carbocycles. The van der Waals surface area contributed by atoms with E-state index < -0.39 is 11.9 Å². The van der Waals surface area contributed by atoms with Crippen LogP contribution in [0.25, 0.3) is 0 Å². The number of ether oxygens (including phenoxy) is 2. The zero-order valence-electron chi connectivity index (χ0n) is 20.0. The minimum absolute atomic E-state index is 0.00979. The molecule has 5 nitrogen and oxygen atoms in total. The number of rotatable bonds is 6. The minimum Gasteiger partial charge on any atom is -0.497 e. The highest BCUT2D eigenvalue weighted by Gasteiger charge is 2.41. The number of carbonyl (C=O) groups excluding carboxylic acids is 2. The Labute approximate surface area is 213 Å². The van der Waals surface area contributed by atoms with E-state index in [0.717, 1.165) is 11.3 Å². The van der Waals surface area contributed by atoms with Crippen LogP contribution in [0, 0.1) is 5.82 Å². The van der Waals surface area contributed by atoms with Crippen LogP contribution < -0.4 is 10.1 Å². The van der Waals surface area contributed by atoms with Gasteiger partial charge in [0, 0.05) is 40.1 Å². The molecule has 36 heavy (non-hydrogen) atoms. The molecule has 0 unspecified atom stereocenters. The summed E-state index contributed by atoms with van der Waals surface area (Å²) in [5, 5.41) is 5.36. The molecule has 1 aromatic heterocycles. The highest BCUT2D eigenvalue weighted by Crippen LogP contribution is 2.46. The highest BCUT2D eigenvalue weighted by molar-refractivity contribution is 7.10. The van der Waals surface area contributed by atoms with Crippen molar-refractivity contribution in [1.82, 2.24) is 5.32 Å². The van der Waals surface area contributed by atoms with E-state index in [2.05, 4.69) is 11.4 Å². The number of methoxy groups -OCH3 is 1. The lowest BCUT2D eigenvalue weighted by Crippen LogP contribution is -2.36. The Morgan fingerprint density at radius 1 is 1.08 bits per heavy atom. The Balaban J connectivity index is 1.47. The molecule has 0 fully saturated rings. The van der Waals surface area contributed by atoms with Gasteiger partial charge in [0.15, 0.2) is 5.78 Å². The number of esters is 1. The quantitative estimate of drug-likeness (QED) is 0.418. The van der Waals surface area contributed by atoms with Crippen molar-refractivity contribution < 1.29 is 23.5 Å². The first kappa shape index (κ1) is 24.0. The molecular formula is C29H26FNO4S. The maximum Gasteiger partial charge on any atom is 0.337 e. The van der Waals surface area contributed by atoms with Crippen molar-refractivity contribution in [2.45, 2.75) is 38.2 Å². The molecule has 0 amide bonds. The molecule has 3 aromatic rings. The van der Waals surface area contributed by atoms with E-state index >= 15 is 0 Å². The summed E-state index contributed by atoms with van der Waals surface area (Å²) >= 11 is 1.64. The second kappa shape index (κ2) is 10.1. The monoisotopic (exact) mass is 503 g/mol. The van der Waals surface area contributed by atoms with Gasteiger partial charge >= 0.3 is 5.97 Å². The van der Waals surface area contributed by atoms with Crippen LogP contribution in [-0.2, 0) is 20.9 Å². The number of hydrogen-bond acceptors (Lipinski definition) is 6. The predicted molar refractivity (Wildman–Crippen MR) is 136 cm³/mol. The average Bonchev–Trinajstić information content (AvgIpc) is 3.42. The Kier molecular flexibility index (Phi) is 6.74. The number of benzene rings is 2. The van der Waals surface area contributed by atoms with E-state index in [0.29, 0.717) is 41.0 Å². The van der Waals surface area contributed by atoms with Crippen molar-refractivity contribution in [3.05, 3.63) is 110 Å². The maximum atomic E-state index is 13.8. The summed E-state index contributed by atoms with van der Waals surface area (Å²) < 4.78 is 24.6. The van der Waals surface area contributed by atoms with E-state index in [4.69, 9.17) is 9.47 Å². The standard InChI is InChI=1S/C29H26FNO4S/c1-17-26(29(33)35-16-18-5-11-22(34-2)12-6-18)27(19-7-9-21(30)10-8-19)28-23(31-17)14-20(15-24(28)32)25-4-3-13-36-25/h3-13,20,27,31H,14-16H2,1-2H3/t20-,27+/m1/s1. The SMILES string of the molecule is COc1ccc(COC(=O)C2=C(C)NC3=C(C(=O)C[C@H](c4cccs4)C3)[C@H]2c2ccc(F)cc2)cc1. The van der Waals surface area contributed by atoms with Crippen LogP contribution in [0.3, 0.4) is 0 Å². The third-order valence-electron chi connectivity index (χ3n) is 6.73. The molecule has 0 radical (unpaired) electrons. The largest absolute Gasteiger partial charge is 0.497 e. The van der Waals surface area contributed by atoms with E-state index in [1.165, 1.54) is 17.0 Å². The number of halogens is 1. The number of nitrogens with one attached hydrogen (secondary N) is 1. The van der Waals surface area contributed by atoms with Gasteiger partial charge in [-0.1, -0.05) is 30.3 Å². The molecule has 0 saturated heterocycles. The van der Waals surface area contributed by atoms with Crippen LogP contribution in [0.1, 0.15) is 47.6 Å². The van der Waals surface area contributed by atoms with Gasteiger partial charge in [-0.05, 0) is 60.2 Å². The van der Waals surface area contributed by atoms with Gasteiger partial charge in [0.2, 0.25) is 0 Å². The predicted octanol–water partition coefficient (Wildman–Crippen LogP) is 6.00. The smallest absolute Gasteiger partial charge is 0.337 e. The molecule has 1 N–H and O–H groups in total. The van der Waals surface area contributed by atoms with Crippen molar-refractivity contribution in [1.29, 1.82) is 0 Å². The van der Waals surface area contributed by atoms with Crippen LogP contribution in [0.15, 0.2) is 88.6 Å². The summed E-state index contributed by atoms with van der Waals surface area (Å²) in [6.45, 7) is 1.90. The molecular weight excluding hydrogens is 477 g/mol. The summed E-state index contributed by atoms with van der Waals surface area (Å²) in [5.41, 5.74) is 3.90. The van der Waals surface area contributed by atoms with Gasteiger partial charge in [0.1, 0.15) is 18.2 Å². The second-order valence-electron chi connectivity index (χ2n) is 9.01. The fourth-order valence-electron chi connectivity index (χ4n) is 4.97. The van der Waals surface area contributed by atoms with E-state index in [-0.39, 0.29) is 24.1 Å². The van der Waals surface area contributed by atoms with Crippen LogP contribution in [0.2, 0.25) is 0 Å². The summed E-state index contributed by atoms with van der Waals surface area (Å²) in [5.74, 6) is -0.711. The number of hydrogen-bond donors (Lipinski definition) is 1. The van der Waals surface area contributed by atoms with Crippen LogP contribution in [-0.4, -0.2) is 18.9 Å². The number of carbonyl (C=O) groups is 2. The van der Waals surface area contributed by atoms with Gasteiger partial charge in [0.05, 0.1) is 12.7 Å². The van der Waals surface area contributed by atoms with Gasteiger partial charge in [-0.2, -0.15) is 0 Å². The zero-order valence-corrected chi connectivity index (χ0v) is 20.9. The van der Waals surface area contributed by atoms with Crippen molar-refractivity contribution in [3.8, 4) is 5.75 Å². The van der Waals surface area contributed by atoms with Gasteiger partial charge in [-0.15, -0.1) is 11.3 Å². The lowest BCUT2D eigenvalue weighted by atomic mass is 9.72. The minimum atomic E-state index is -0.623. The average molecular weight is 504 g/mol. The van der Waals surface area contributed by atoms with E-state index in [1.54, 1.807) is 42.7 Å². The fraction of sp³-hybridized carbons (Fsp3) is 0.241. The Morgan fingerprint density at radius 3 is 2.50 bits per heavy atom. The van der Waals surface area contributed by atoms with Crippen LogP contribution >= 0.6 is 11.3 Å². The molecule has 2 heterocycles. The molecule has 184 valence electrons. The molecule has 0 spiro atoms. The van der Waals surface area contributed by atoms with Crippen LogP contribution in [0.4, 0.5) is 4.39 Å². The van der Waals surface area contributed by atoms with E-state index in [1.807, 2.05) is 30.5 Å². The molecule has 7 heteroatoms. The topological polar surface area (TPSA) is 64.6 Å². The zero-order chi connectivity index (χ0) is 25.2. The van der Waals surface area contributed by atoms with Crippen molar-refractivity contribution >= 4 is 23.1 Å². The third-order valence-corrected chi connectivity index (χ3v) is 7.76. The van der Waals surface area contributed by atoms with Crippen molar-refractivity contribution in [2.75, 3.05) is 7.11 Å². The summed E-state index contributed by atoms with van der Waals surface area (Å²) in [6, 6.07) is 17.3. The van der Waals surface area contributed by atoms with Gasteiger partial charge < -0.3 is 14.8 Å². The van der Waals surface area contributed by atoms with Gasteiger partial charge in [0.25, 0.3) is 0 Å². The number of Topliss-reactive ketones (excluding diaryl/α,β-unsaturated/α-hetero) is 1. The Bertz CT molecular complexity index is 1340. The second-order valence-corrected chi connectivity index (χ2v) is 9.99. The van der Waals surface area contributed by atoms with Crippen molar-refractivity contribution in [2.24, 2.45) is 0 Å². The first-order valence-corrected chi connectivity index (χ1v) is 12.7. The molecule has 0 saturated carbocycles. The van der Waals surface area contributed by atoms with Gasteiger partial charge in [-0.3, -0.25) is 4.79 Å². The molecule has 2 aliphatic rings. The fourth-order valence-corrected chi connectivity index (χ4v) is 5.80. The summed E-state index contributed by atoms with van der Waals surface area (Å²) in [7, 11) is 1.59. The Hall–Kier alpha value is -3.71. The highest BCUT2D eigenvalue weighted by atomic mass is 32.1. The molecule has 2 atom stereocenters. The lowest BCUT2D eigenvalue weighted by molar-refractivity contribution is -0.140. The molecule has 2 aromatic carbocycles. The van der Waals surface area contributed by atoms with Gasteiger partial charge in [-0.25, -0.2) is 9.18 Å². The summed E-state index contributed by atoms with van der Waals surface area (Å²) in [6.07, 6.45) is 1.04. The molecule has 0 bridgehead atoms. The maximum absolute atomic E-state index is 13.8. The normalized spacial score (nSPS) is 19.6. The molecule has 1 aliphatic heterocycles. The first-order valence-electron chi connectivity index (χ1n) is 11.8. The first-order chi connectivity index (χ1) is 17.4. The number of ketones is 1. The van der Waals surface area contributed by atoms with E-state index in [9.17, 15) is 14.0 Å². The van der Waals surface area contributed by atoms with Crippen molar-refractivity contribution in [3.63, 3.8) is 0 Å². The number of dihydropyridines is 1. The lowest BCUT2D eigenvalue weighted by Gasteiger charge is -2.36. The summed E-state index contributed by atoms with van der Waals surface area (Å²) in [4.78, 5) is 28.2. The number of thiophene rings is 1. The number of allylic oxidation sites excluding steroid dienone is 3.